The Balaban J connectivity index is 1.94. The first-order valence-electron chi connectivity index (χ1n) is 4.34. The molecule has 2 aliphatic heterocycles. The Morgan fingerprint density at radius 2 is 2.27 bits per heavy atom. The summed E-state index contributed by atoms with van der Waals surface area (Å²) >= 11 is 0. The average molecular weight is 157 g/mol. The van der Waals surface area contributed by atoms with Crippen molar-refractivity contribution in [3.05, 3.63) is 0 Å². The minimum Gasteiger partial charge on any atom is -0.378 e. The second kappa shape index (κ2) is 3.09. The topological polar surface area (TPSA) is 30.5 Å². The number of nitrogens with one attached hydrogen (secondary N) is 1. The Morgan fingerprint density at radius 1 is 1.27 bits per heavy atom. The Morgan fingerprint density at radius 3 is 2.91 bits per heavy atom. The molecule has 0 amide bonds. The molecule has 0 aromatic rings. The highest BCUT2D eigenvalue weighted by molar-refractivity contribution is 4.88. The molecule has 1 atom stereocenters. The summed E-state index contributed by atoms with van der Waals surface area (Å²) in [6, 6.07) is 0. The van der Waals surface area contributed by atoms with Gasteiger partial charge in [-0.2, -0.15) is 0 Å². The summed E-state index contributed by atoms with van der Waals surface area (Å²) in [5, 5.41) is 3.34. The molecule has 2 aliphatic rings. The van der Waals surface area contributed by atoms with Crippen LogP contribution in [-0.2, 0) is 9.47 Å². The van der Waals surface area contributed by atoms with Crippen LogP contribution in [-0.4, -0.2) is 38.5 Å². The molecule has 64 valence electrons. The van der Waals surface area contributed by atoms with Gasteiger partial charge >= 0.3 is 0 Å². The van der Waals surface area contributed by atoms with Gasteiger partial charge in [-0.3, -0.25) is 0 Å². The smallest absolute Gasteiger partial charge is 0.104 e. The van der Waals surface area contributed by atoms with E-state index in [0.29, 0.717) is 0 Å². The molecule has 11 heavy (non-hydrogen) atoms. The van der Waals surface area contributed by atoms with Crippen molar-refractivity contribution in [3.63, 3.8) is 0 Å². The minimum absolute atomic E-state index is 0.0243. The van der Waals surface area contributed by atoms with Crippen LogP contribution >= 0.6 is 0 Å². The summed E-state index contributed by atoms with van der Waals surface area (Å²) in [6.07, 6.45) is 2.29. The quantitative estimate of drug-likeness (QED) is 0.543. The van der Waals surface area contributed by atoms with Crippen LogP contribution in [0.5, 0.6) is 0 Å². The highest BCUT2D eigenvalue weighted by Crippen LogP contribution is 2.24. The zero-order chi connectivity index (χ0) is 7.57. The Bertz CT molecular complexity index is 107. The highest BCUT2D eigenvalue weighted by Gasteiger charge is 2.35. The molecular weight excluding hydrogens is 142 g/mol. The molecule has 0 bridgehead atoms. The van der Waals surface area contributed by atoms with Gasteiger partial charge in [0.15, 0.2) is 0 Å². The molecule has 2 rings (SSSR count). The van der Waals surface area contributed by atoms with Crippen molar-refractivity contribution in [2.75, 3.05) is 32.9 Å². The van der Waals surface area contributed by atoms with Gasteiger partial charge in [0.25, 0.3) is 0 Å². The van der Waals surface area contributed by atoms with Crippen LogP contribution in [0.15, 0.2) is 0 Å². The van der Waals surface area contributed by atoms with E-state index in [4.69, 9.17) is 9.47 Å². The predicted molar refractivity (Wildman–Crippen MR) is 41.6 cm³/mol. The van der Waals surface area contributed by atoms with Crippen molar-refractivity contribution >= 4 is 0 Å². The first-order valence-corrected chi connectivity index (χ1v) is 4.34. The second-order valence-corrected chi connectivity index (χ2v) is 3.36. The van der Waals surface area contributed by atoms with Gasteiger partial charge in [-0.15, -0.1) is 0 Å². The van der Waals surface area contributed by atoms with Crippen molar-refractivity contribution in [1.29, 1.82) is 0 Å². The number of rotatable bonds is 0. The molecular formula is C8H15NO2. The predicted octanol–water partition coefficient (Wildman–Crippen LogP) is 0.155. The standard InChI is InChI=1S/C8H15NO2/c1-2-8(7-10-4-1)6-9-3-5-11-8/h9H,1-7H2. The van der Waals surface area contributed by atoms with Gasteiger partial charge in [0, 0.05) is 19.7 Å². The first kappa shape index (κ1) is 7.53. The van der Waals surface area contributed by atoms with Crippen LogP contribution < -0.4 is 5.32 Å². The van der Waals surface area contributed by atoms with Gasteiger partial charge in [-0.05, 0) is 12.8 Å². The van der Waals surface area contributed by atoms with Gasteiger partial charge in [-0.25, -0.2) is 0 Å². The lowest BCUT2D eigenvalue weighted by Gasteiger charge is -2.40. The van der Waals surface area contributed by atoms with E-state index in [2.05, 4.69) is 5.32 Å². The molecule has 0 aromatic heterocycles. The van der Waals surface area contributed by atoms with Crippen LogP contribution in [0, 0.1) is 0 Å². The molecule has 3 nitrogen and oxygen atoms in total. The zero-order valence-electron chi connectivity index (χ0n) is 6.77. The molecule has 2 heterocycles. The third kappa shape index (κ3) is 1.55. The van der Waals surface area contributed by atoms with Crippen molar-refractivity contribution in [1.82, 2.24) is 5.32 Å². The van der Waals surface area contributed by atoms with E-state index in [-0.39, 0.29) is 5.60 Å². The molecule has 2 saturated heterocycles. The Labute approximate surface area is 67.1 Å². The van der Waals surface area contributed by atoms with E-state index >= 15 is 0 Å². The first-order chi connectivity index (χ1) is 5.41. The monoisotopic (exact) mass is 157 g/mol. The minimum atomic E-state index is 0.0243. The molecule has 0 saturated carbocycles. The fourth-order valence-corrected chi connectivity index (χ4v) is 1.79. The van der Waals surface area contributed by atoms with E-state index in [1.165, 1.54) is 0 Å². The van der Waals surface area contributed by atoms with E-state index in [1.54, 1.807) is 0 Å². The zero-order valence-corrected chi connectivity index (χ0v) is 6.77. The van der Waals surface area contributed by atoms with Gasteiger partial charge in [-0.1, -0.05) is 0 Å². The number of hydrogen-bond acceptors (Lipinski definition) is 3. The maximum absolute atomic E-state index is 5.72. The van der Waals surface area contributed by atoms with Gasteiger partial charge < -0.3 is 14.8 Å². The van der Waals surface area contributed by atoms with Gasteiger partial charge in [0.2, 0.25) is 0 Å². The van der Waals surface area contributed by atoms with Crippen molar-refractivity contribution in [3.8, 4) is 0 Å². The molecule has 0 radical (unpaired) electrons. The number of ether oxygens (including phenoxy) is 2. The summed E-state index contributed by atoms with van der Waals surface area (Å²) < 4.78 is 11.1. The molecule has 1 N–H and O–H groups in total. The van der Waals surface area contributed by atoms with E-state index in [1.807, 2.05) is 0 Å². The van der Waals surface area contributed by atoms with Crippen molar-refractivity contribution in [2.24, 2.45) is 0 Å². The second-order valence-electron chi connectivity index (χ2n) is 3.36. The lowest BCUT2D eigenvalue weighted by molar-refractivity contribution is -0.140. The van der Waals surface area contributed by atoms with E-state index in [0.717, 1.165) is 45.8 Å². The van der Waals surface area contributed by atoms with Crippen LogP contribution in [0.2, 0.25) is 0 Å². The fraction of sp³-hybridized carbons (Fsp3) is 1.00. The Kier molecular flexibility index (Phi) is 2.11. The third-order valence-electron chi connectivity index (χ3n) is 2.42. The van der Waals surface area contributed by atoms with Crippen molar-refractivity contribution in [2.45, 2.75) is 18.4 Å². The molecule has 2 fully saturated rings. The highest BCUT2D eigenvalue weighted by atomic mass is 16.5. The van der Waals surface area contributed by atoms with Crippen LogP contribution in [0.1, 0.15) is 12.8 Å². The molecule has 3 heteroatoms. The van der Waals surface area contributed by atoms with Crippen LogP contribution in [0.25, 0.3) is 0 Å². The van der Waals surface area contributed by atoms with Crippen molar-refractivity contribution < 1.29 is 9.47 Å². The summed E-state index contributed by atoms with van der Waals surface area (Å²) in [5.74, 6) is 0. The summed E-state index contributed by atoms with van der Waals surface area (Å²) in [4.78, 5) is 0. The summed E-state index contributed by atoms with van der Waals surface area (Å²) in [5.41, 5.74) is 0.0243. The van der Waals surface area contributed by atoms with Gasteiger partial charge in [0.05, 0.1) is 13.2 Å². The number of hydrogen-bond donors (Lipinski definition) is 1. The Hall–Kier alpha value is -0.120. The van der Waals surface area contributed by atoms with Crippen LogP contribution in [0.3, 0.4) is 0 Å². The van der Waals surface area contributed by atoms with Crippen LogP contribution in [0.4, 0.5) is 0 Å². The third-order valence-corrected chi connectivity index (χ3v) is 2.42. The average Bonchev–Trinajstić information content (AvgIpc) is 2.07. The normalized spacial score (nSPS) is 39.3. The fourth-order valence-electron chi connectivity index (χ4n) is 1.79. The SMILES string of the molecule is C1COCC2(C1)CNCCO2. The summed E-state index contributed by atoms with van der Waals surface area (Å²) in [7, 11) is 0. The van der Waals surface area contributed by atoms with E-state index < -0.39 is 0 Å². The molecule has 0 aromatic carbocycles. The molecule has 0 aliphatic carbocycles. The van der Waals surface area contributed by atoms with E-state index in [9.17, 15) is 0 Å². The maximum Gasteiger partial charge on any atom is 0.104 e. The molecule has 1 unspecified atom stereocenters. The lowest BCUT2D eigenvalue weighted by atomic mass is 9.95. The number of morpholine rings is 1. The summed E-state index contributed by atoms with van der Waals surface area (Å²) in [6.45, 7) is 4.48. The molecule has 1 spiro atoms. The lowest BCUT2D eigenvalue weighted by Crippen LogP contribution is -2.54. The van der Waals surface area contributed by atoms with Gasteiger partial charge in [0.1, 0.15) is 5.60 Å². The largest absolute Gasteiger partial charge is 0.378 e. The maximum atomic E-state index is 5.72.